The number of halogens is 1. The minimum atomic E-state index is -1.77. The number of pyridine rings is 1. The van der Waals surface area contributed by atoms with Crippen LogP contribution in [-0.2, 0) is 11.4 Å². The van der Waals surface area contributed by atoms with Gasteiger partial charge in [-0.25, -0.2) is 4.39 Å². The van der Waals surface area contributed by atoms with Crippen LogP contribution in [0.1, 0.15) is 39.3 Å². The van der Waals surface area contributed by atoms with E-state index in [4.69, 9.17) is 0 Å². The molecule has 0 fully saturated rings. The summed E-state index contributed by atoms with van der Waals surface area (Å²) in [6.45, 7) is 7.38. The number of fused-ring (bicyclic) bond motifs is 1. The summed E-state index contributed by atoms with van der Waals surface area (Å²) < 4.78 is 29.0. The molecule has 0 radical (unpaired) electrons. The summed E-state index contributed by atoms with van der Waals surface area (Å²) in [5.74, 6) is -0.628. The Labute approximate surface area is 138 Å². The highest BCUT2D eigenvalue weighted by atomic mass is 32.2. The molecule has 1 heterocycles. The lowest BCUT2D eigenvalue weighted by Crippen LogP contribution is -2.40. The third-order valence-corrected chi connectivity index (χ3v) is 5.14. The van der Waals surface area contributed by atoms with Crippen LogP contribution in [0.3, 0.4) is 0 Å². The number of hydrogen-bond acceptors (Lipinski definition) is 5. The van der Waals surface area contributed by atoms with Gasteiger partial charge in [0.2, 0.25) is 0 Å². The van der Waals surface area contributed by atoms with E-state index in [2.05, 4.69) is 9.71 Å². The minimum Gasteiger partial charge on any atom is -0.598 e. The number of benzene rings is 1. The molecule has 0 aliphatic carbocycles. The van der Waals surface area contributed by atoms with E-state index in [0.717, 1.165) is 6.07 Å². The Kier molecular flexibility index (Phi) is 5.32. The third-order valence-electron chi connectivity index (χ3n) is 3.46. The van der Waals surface area contributed by atoms with Crippen molar-refractivity contribution in [3.05, 3.63) is 35.8 Å². The van der Waals surface area contributed by atoms with Gasteiger partial charge in [0.25, 0.3) is 0 Å². The molecule has 0 saturated carbocycles. The highest BCUT2D eigenvalue weighted by Crippen LogP contribution is 2.26. The van der Waals surface area contributed by atoms with Gasteiger partial charge in [-0.1, -0.05) is 6.07 Å². The molecule has 3 N–H and O–H groups in total. The van der Waals surface area contributed by atoms with Crippen LogP contribution in [0.25, 0.3) is 10.9 Å². The van der Waals surface area contributed by atoms with Crippen molar-refractivity contribution in [2.24, 2.45) is 0 Å². The Balaban J connectivity index is 2.48. The molecule has 8 heteroatoms. The van der Waals surface area contributed by atoms with Gasteiger partial charge in [0.05, 0.1) is 6.04 Å². The van der Waals surface area contributed by atoms with Crippen LogP contribution in [0, 0.1) is 5.82 Å². The molecule has 0 unspecified atom stereocenters. The van der Waals surface area contributed by atoms with Crippen LogP contribution in [0.5, 0.6) is 0 Å². The first-order valence-electron chi connectivity index (χ1n) is 7.23. The summed E-state index contributed by atoms with van der Waals surface area (Å²) in [6, 6.07) is 3.91. The first-order chi connectivity index (χ1) is 10.6. The van der Waals surface area contributed by atoms with Gasteiger partial charge in [0.1, 0.15) is 16.1 Å². The SMILES string of the molecule is C[C@H](N[S@@+]([O-])C(C)(C)C)c1ccnc2c(F)cc(B(O)O)cc12. The van der Waals surface area contributed by atoms with E-state index in [-0.39, 0.29) is 17.0 Å². The molecular weight excluding hydrogens is 318 g/mol. The van der Waals surface area contributed by atoms with E-state index in [9.17, 15) is 19.0 Å². The van der Waals surface area contributed by atoms with Crippen LogP contribution < -0.4 is 10.2 Å². The lowest BCUT2D eigenvalue weighted by Gasteiger charge is -2.27. The molecule has 0 amide bonds. The van der Waals surface area contributed by atoms with Gasteiger partial charge in [-0.15, -0.1) is 4.72 Å². The van der Waals surface area contributed by atoms with Crippen LogP contribution in [-0.4, -0.2) is 31.5 Å². The molecule has 2 rings (SSSR count). The molecule has 1 aromatic carbocycles. The molecule has 0 spiro atoms. The summed E-state index contributed by atoms with van der Waals surface area (Å²) in [7, 11) is -1.77. The summed E-state index contributed by atoms with van der Waals surface area (Å²) in [5, 5.41) is 19.0. The average molecular weight is 338 g/mol. The number of nitrogens with zero attached hydrogens (tertiary/aromatic N) is 1. The first-order valence-corrected chi connectivity index (χ1v) is 8.38. The summed E-state index contributed by atoms with van der Waals surface area (Å²) in [4.78, 5) is 4.01. The second-order valence-corrected chi connectivity index (χ2v) is 8.39. The number of rotatable bonds is 4. The molecule has 124 valence electrons. The van der Waals surface area contributed by atoms with Gasteiger partial charge in [-0.2, -0.15) is 0 Å². The largest absolute Gasteiger partial charge is 0.598 e. The van der Waals surface area contributed by atoms with Crippen LogP contribution in [0.2, 0.25) is 0 Å². The van der Waals surface area contributed by atoms with Gasteiger partial charge in [0, 0.05) is 22.9 Å². The van der Waals surface area contributed by atoms with Crippen molar-refractivity contribution < 1.29 is 19.0 Å². The molecule has 0 bridgehead atoms. The Morgan fingerprint density at radius 2 is 2.00 bits per heavy atom. The highest BCUT2D eigenvalue weighted by molar-refractivity contribution is 7.90. The summed E-state index contributed by atoms with van der Waals surface area (Å²) in [5.41, 5.74) is 0.879. The summed E-state index contributed by atoms with van der Waals surface area (Å²) in [6.07, 6.45) is 1.48. The maximum absolute atomic E-state index is 14.1. The van der Waals surface area contributed by atoms with Gasteiger partial charge >= 0.3 is 7.12 Å². The number of nitrogens with one attached hydrogen (secondary N) is 1. The first kappa shape index (κ1) is 18.2. The average Bonchev–Trinajstić information content (AvgIpc) is 2.45. The molecular formula is C15H20BFN2O3S. The lowest BCUT2D eigenvalue weighted by molar-refractivity contribution is 0.425. The van der Waals surface area contributed by atoms with E-state index in [1.165, 1.54) is 12.3 Å². The summed E-state index contributed by atoms with van der Waals surface area (Å²) >= 11 is -1.29. The fourth-order valence-corrected chi connectivity index (χ4v) is 2.98. The van der Waals surface area contributed by atoms with E-state index in [1.54, 1.807) is 6.07 Å². The molecule has 23 heavy (non-hydrogen) atoms. The topological polar surface area (TPSA) is 88.4 Å². The maximum Gasteiger partial charge on any atom is 0.488 e. The third kappa shape index (κ3) is 4.02. The van der Waals surface area contributed by atoms with Crippen molar-refractivity contribution in [1.82, 2.24) is 9.71 Å². The Morgan fingerprint density at radius 1 is 1.35 bits per heavy atom. The monoisotopic (exact) mass is 338 g/mol. The predicted molar refractivity (Wildman–Crippen MR) is 91.0 cm³/mol. The standard InChI is InChI=1S/C15H20BFN2O3S/c1-9(19-23(22)15(2,3)4)11-5-6-18-14-12(11)7-10(16(20)21)8-13(14)17/h5-9,19-21H,1-4H3/t9-,23-/m0/s1. The zero-order chi connectivity index (χ0) is 17.4. The molecule has 1 aromatic heterocycles. The van der Waals surface area contributed by atoms with Gasteiger partial charge in [-0.3, -0.25) is 4.98 Å². The molecule has 2 atom stereocenters. The minimum absolute atomic E-state index is 0.0494. The quantitative estimate of drug-likeness (QED) is 0.575. The highest BCUT2D eigenvalue weighted by Gasteiger charge is 2.29. The van der Waals surface area contributed by atoms with E-state index < -0.39 is 29.0 Å². The Hall–Kier alpha value is -1.19. The fourth-order valence-electron chi connectivity index (χ4n) is 2.18. The smallest absolute Gasteiger partial charge is 0.488 e. The zero-order valence-corrected chi connectivity index (χ0v) is 14.3. The maximum atomic E-state index is 14.1. The molecule has 5 nitrogen and oxygen atoms in total. The molecule has 2 aromatic rings. The normalized spacial score (nSPS) is 14.8. The lowest BCUT2D eigenvalue weighted by atomic mass is 9.79. The Morgan fingerprint density at radius 3 is 2.57 bits per heavy atom. The fraction of sp³-hybridized carbons (Fsp3) is 0.400. The molecule has 0 saturated heterocycles. The second-order valence-electron chi connectivity index (χ2n) is 6.39. The van der Waals surface area contributed by atoms with Gasteiger partial charge < -0.3 is 14.6 Å². The number of aromatic nitrogens is 1. The van der Waals surface area contributed by atoms with Crippen molar-refractivity contribution in [3.63, 3.8) is 0 Å². The van der Waals surface area contributed by atoms with E-state index >= 15 is 0 Å². The van der Waals surface area contributed by atoms with Crippen molar-refractivity contribution in [2.75, 3.05) is 0 Å². The van der Waals surface area contributed by atoms with E-state index in [0.29, 0.717) is 10.9 Å². The second kappa shape index (κ2) is 6.74. The van der Waals surface area contributed by atoms with Crippen LogP contribution in [0.15, 0.2) is 24.4 Å². The van der Waals surface area contributed by atoms with Crippen molar-refractivity contribution in [1.29, 1.82) is 0 Å². The van der Waals surface area contributed by atoms with Crippen molar-refractivity contribution in [3.8, 4) is 0 Å². The van der Waals surface area contributed by atoms with Gasteiger partial charge in [-0.05, 0) is 50.9 Å². The zero-order valence-electron chi connectivity index (χ0n) is 13.5. The predicted octanol–water partition coefficient (Wildman–Crippen LogP) is 1.17. The molecule has 0 aliphatic rings. The van der Waals surface area contributed by atoms with Crippen LogP contribution in [0.4, 0.5) is 4.39 Å². The molecule has 0 aliphatic heterocycles. The van der Waals surface area contributed by atoms with Crippen molar-refractivity contribution in [2.45, 2.75) is 38.5 Å². The van der Waals surface area contributed by atoms with E-state index in [1.807, 2.05) is 27.7 Å². The van der Waals surface area contributed by atoms with Gasteiger partial charge in [0.15, 0.2) is 0 Å². The van der Waals surface area contributed by atoms with Crippen molar-refractivity contribution >= 4 is 34.8 Å². The number of hydrogen-bond donors (Lipinski definition) is 3. The Bertz CT molecular complexity index is 709. The van der Waals surface area contributed by atoms with Crippen LogP contribution >= 0.6 is 0 Å².